The van der Waals surface area contributed by atoms with Crippen molar-refractivity contribution in [2.45, 2.75) is 13.0 Å². The smallest absolute Gasteiger partial charge is 0.263 e. The van der Waals surface area contributed by atoms with Crippen molar-refractivity contribution in [3.05, 3.63) is 77.5 Å². The Bertz CT molecular complexity index is 747. The molecule has 0 aliphatic rings. The largest absolute Gasteiger partial charge is 0.497 e. The van der Waals surface area contributed by atoms with Gasteiger partial charge in [0.05, 0.1) is 7.11 Å². The summed E-state index contributed by atoms with van der Waals surface area (Å²) in [6.07, 6.45) is 2.29. The molecule has 0 heterocycles. The van der Waals surface area contributed by atoms with Gasteiger partial charge in [-0.2, -0.15) is 5.26 Å². The number of nitriles is 1. The lowest BCUT2D eigenvalue weighted by molar-refractivity contribution is -0.117. The van der Waals surface area contributed by atoms with Crippen molar-refractivity contribution < 1.29 is 9.53 Å². The number of hydrogen-bond donors (Lipinski definition) is 2. The van der Waals surface area contributed by atoms with E-state index < -0.39 is 5.91 Å². The zero-order chi connectivity index (χ0) is 17.9. The standard InChI is InChI=1S/C20H21N3O2/c1-25-19-9-7-17(8-10-19)14-23-20(24)18(13-21)15-22-12-11-16-5-3-2-4-6-16/h2-10,15,22H,11-12,14H2,1H3,(H,23,24)/b18-15-. The molecule has 128 valence electrons. The summed E-state index contributed by atoms with van der Waals surface area (Å²) in [5, 5.41) is 14.9. The zero-order valence-corrected chi connectivity index (χ0v) is 14.2. The molecule has 0 aromatic heterocycles. The monoisotopic (exact) mass is 335 g/mol. The lowest BCUT2D eigenvalue weighted by Gasteiger charge is -2.06. The Balaban J connectivity index is 1.79. The summed E-state index contributed by atoms with van der Waals surface area (Å²) < 4.78 is 5.09. The molecular formula is C20H21N3O2. The molecular weight excluding hydrogens is 314 g/mol. The maximum Gasteiger partial charge on any atom is 0.263 e. The van der Waals surface area contributed by atoms with Gasteiger partial charge in [0.1, 0.15) is 17.4 Å². The van der Waals surface area contributed by atoms with E-state index in [0.29, 0.717) is 13.1 Å². The minimum Gasteiger partial charge on any atom is -0.497 e. The van der Waals surface area contributed by atoms with Crippen molar-refractivity contribution in [1.82, 2.24) is 10.6 Å². The Morgan fingerprint density at radius 1 is 1.12 bits per heavy atom. The first-order chi connectivity index (χ1) is 12.2. The van der Waals surface area contributed by atoms with E-state index in [1.54, 1.807) is 7.11 Å². The van der Waals surface area contributed by atoms with E-state index in [9.17, 15) is 4.79 Å². The van der Waals surface area contributed by atoms with E-state index in [1.807, 2.05) is 60.7 Å². The van der Waals surface area contributed by atoms with Gasteiger partial charge in [0.15, 0.2) is 0 Å². The Morgan fingerprint density at radius 2 is 1.84 bits per heavy atom. The van der Waals surface area contributed by atoms with Gasteiger partial charge in [0, 0.05) is 19.3 Å². The van der Waals surface area contributed by atoms with Gasteiger partial charge in [-0.15, -0.1) is 0 Å². The summed E-state index contributed by atoms with van der Waals surface area (Å²) in [6, 6.07) is 19.3. The van der Waals surface area contributed by atoms with Crippen LogP contribution < -0.4 is 15.4 Å². The molecule has 0 radical (unpaired) electrons. The zero-order valence-electron chi connectivity index (χ0n) is 14.2. The van der Waals surface area contributed by atoms with Crippen LogP contribution in [0.4, 0.5) is 0 Å². The number of nitrogens with one attached hydrogen (secondary N) is 2. The second-order valence-corrected chi connectivity index (χ2v) is 5.39. The summed E-state index contributed by atoms with van der Waals surface area (Å²) in [5.74, 6) is 0.362. The molecule has 0 fully saturated rings. The maximum absolute atomic E-state index is 12.1. The number of carbonyl (C=O) groups excluding carboxylic acids is 1. The average molecular weight is 335 g/mol. The van der Waals surface area contributed by atoms with E-state index in [-0.39, 0.29) is 5.57 Å². The van der Waals surface area contributed by atoms with Crippen LogP contribution in [0.15, 0.2) is 66.4 Å². The number of carbonyl (C=O) groups is 1. The molecule has 2 aromatic carbocycles. The van der Waals surface area contributed by atoms with E-state index >= 15 is 0 Å². The quantitative estimate of drug-likeness (QED) is 0.442. The highest BCUT2D eigenvalue weighted by Gasteiger charge is 2.08. The minimum absolute atomic E-state index is 0.0570. The first kappa shape index (κ1) is 18.1. The van der Waals surface area contributed by atoms with E-state index in [1.165, 1.54) is 11.8 Å². The van der Waals surface area contributed by atoms with Crippen molar-refractivity contribution in [2.75, 3.05) is 13.7 Å². The topological polar surface area (TPSA) is 74.1 Å². The van der Waals surface area contributed by atoms with Crippen molar-refractivity contribution in [3.8, 4) is 11.8 Å². The number of methoxy groups -OCH3 is 1. The first-order valence-electron chi connectivity index (χ1n) is 8.01. The highest BCUT2D eigenvalue weighted by molar-refractivity contribution is 5.97. The van der Waals surface area contributed by atoms with E-state index in [4.69, 9.17) is 10.00 Å². The van der Waals surface area contributed by atoms with E-state index in [2.05, 4.69) is 10.6 Å². The molecule has 5 heteroatoms. The average Bonchev–Trinajstić information content (AvgIpc) is 2.67. The number of amides is 1. The number of nitrogens with zero attached hydrogens (tertiary/aromatic N) is 1. The molecule has 0 atom stereocenters. The van der Waals surface area contributed by atoms with Crippen molar-refractivity contribution in [1.29, 1.82) is 5.26 Å². The van der Waals surface area contributed by atoms with Crippen LogP contribution in [0.1, 0.15) is 11.1 Å². The van der Waals surface area contributed by atoms with Crippen LogP contribution in [-0.2, 0) is 17.8 Å². The number of ether oxygens (including phenoxy) is 1. The third kappa shape index (κ3) is 6.04. The Hall–Kier alpha value is -3.26. The van der Waals surface area contributed by atoms with Crippen molar-refractivity contribution in [2.24, 2.45) is 0 Å². The van der Waals surface area contributed by atoms with Gasteiger partial charge in [-0.1, -0.05) is 42.5 Å². The summed E-state index contributed by atoms with van der Waals surface area (Å²) in [4.78, 5) is 12.1. The van der Waals surface area contributed by atoms with Crippen LogP contribution in [-0.4, -0.2) is 19.6 Å². The molecule has 25 heavy (non-hydrogen) atoms. The summed E-state index contributed by atoms with van der Waals surface area (Å²) in [6.45, 7) is 1.01. The molecule has 0 aliphatic heterocycles. The van der Waals surface area contributed by atoms with Gasteiger partial charge in [-0.25, -0.2) is 0 Å². The number of rotatable bonds is 8. The predicted molar refractivity (Wildman–Crippen MR) is 96.7 cm³/mol. The van der Waals surface area contributed by atoms with Crippen LogP contribution in [0.25, 0.3) is 0 Å². The lowest BCUT2D eigenvalue weighted by Crippen LogP contribution is -2.25. The highest BCUT2D eigenvalue weighted by atomic mass is 16.5. The van der Waals surface area contributed by atoms with E-state index in [0.717, 1.165) is 17.7 Å². The number of benzene rings is 2. The third-order valence-corrected chi connectivity index (χ3v) is 3.62. The lowest BCUT2D eigenvalue weighted by atomic mass is 10.1. The molecule has 2 aromatic rings. The van der Waals surface area contributed by atoms with Gasteiger partial charge < -0.3 is 15.4 Å². The molecule has 0 spiro atoms. The molecule has 2 N–H and O–H groups in total. The number of hydrogen-bond acceptors (Lipinski definition) is 4. The van der Waals surface area contributed by atoms with Crippen LogP contribution in [0, 0.1) is 11.3 Å². The maximum atomic E-state index is 12.1. The molecule has 2 rings (SSSR count). The van der Waals surface area contributed by atoms with Crippen molar-refractivity contribution in [3.63, 3.8) is 0 Å². The van der Waals surface area contributed by atoms with Crippen LogP contribution in [0.2, 0.25) is 0 Å². The van der Waals surface area contributed by atoms with Gasteiger partial charge in [0.25, 0.3) is 5.91 Å². The van der Waals surface area contributed by atoms with Gasteiger partial charge in [0.2, 0.25) is 0 Å². The summed E-state index contributed by atoms with van der Waals surface area (Å²) in [5.41, 5.74) is 2.19. The van der Waals surface area contributed by atoms with Gasteiger partial charge in [-0.3, -0.25) is 4.79 Å². The first-order valence-corrected chi connectivity index (χ1v) is 8.01. The second kappa shape index (κ2) is 9.78. The SMILES string of the molecule is COc1ccc(CNC(=O)/C(C#N)=C\NCCc2ccccc2)cc1. The fraction of sp³-hybridized carbons (Fsp3) is 0.200. The fourth-order valence-corrected chi connectivity index (χ4v) is 2.20. The molecule has 5 nitrogen and oxygen atoms in total. The minimum atomic E-state index is -0.398. The normalized spacial score (nSPS) is 10.6. The van der Waals surface area contributed by atoms with Crippen LogP contribution in [0.5, 0.6) is 5.75 Å². The Labute approximate surface area is 147 Å². The second-order valence-electron chi connectivity index (χ2n) is 5.39. The molecule has 1 amide bonds. The molecule has 0 unspecified atom stereocenters. The predicted octanol–water partition coefficient (Wildman–Crippen LogP) is 2.55. The van der Waals surface area contributed by atoms with Crippen molar-refractivity contribution >= 4 is 5.91 Å². The Kier molecular flexibility index (Phi) is 7.08. The Morgan fingerprint density at radius 3 is 2.48 bits per heavy atom. The molecule has 0 saturated heterocycles. The fourth-order valence-electron chi connectivity index (χ4n) is 2.20. The van der Waals surface area contributed by atoms with Gasteiger partial charge in [-0.05, 0) is 29.7 Å². The third-order valence-electron chi connectivity index (χ3n) is 3.62. The molecule has 0 bridgehead atoms. The highest BCUT2D eigenvalue weighted by Crippen LogP contribution is 2.11. The summed E-state index contributed by atoms with van der Waals surface area (Å²) in [7, 11) is 1.60. The molecule has 0 aliphatic carbocycles. The summed E-state index contributed by atoms with van der Waals surface area (Å²) >= 11 is 0. The van der Waals surface area contributed by atoms with Crippen LogP contribution >= 0.6 is 0 Å². The van der Waals surface area contributed by atoms with Gasteiger partial charge >= 0.3 is 0 Å². The van der Waals surface area contributed by atoms with Crippen LogP contribution in [0.3, 0.4) is 0 Å². The molecule has 0 saturated carbocycles.